The summed E-state index contributed by atoms with van der Waals surface area (Å²) in [5.41, 5.74) is 3.36. The van der Waals surface area contributed by atoms with Crippen LogP contribution in [-0.2, 0) is 4.79 Å². The van der Waals surface area contributed by atoms with Crippen molar-refractivity contribution in [3.05, 3.63) is 29.3 Å². The molecule has 0 radical (unpaired) electrons. The fourth-order valence-corrected chi connectivity index (χ4v) is 4.73. The van der Waals surface area contributed by atoms with Gasteiger partial charge in [0.15, 0.2) is 0 Å². The summed E-state index contributed by atoms with van der Waals surface area (Å²) in [5, 5.41) is 9.80. The van der Waals surface area contributed by atoms with Crippen LogP contribution < -0.4 is 4.90 Å². The summed E-state index contributed by atoms with van der Waals surface area (Å²) in [7, 11) is 1.83. The minimum absolute atomic E-state index is 0.0867. The number of hydrogen-bond acceptors (Lipinski definition) is 4. The highest BCUT2D eigenvalue weighted by atomic mass is 16.2. The van der Waals surface area contributed by atoms with E-state index < -0.39 is 5.54 Å². The average molecular weight is 383 g/mol. The molecule has 1 aliphatic heterocycles. The van der Waals surface area contributed by atoms with Gasteiger partial charge in [-0.05, 0) is 50.8 Å². The topological polar surface area (TPSA) is 50.6 Å². The summed E-state index contributed by atoms with van der Waals surface area (Å²) >= 11 is 0. The number of carbonyl (C=O) groups is 1. The molecule has 1 heterocycles. The molecule has 0 N–H and O–H groups in total. The molecule has 0 bridgehead atoms. The average Bonchev–Trinajstić information content (AvgIpc) is 2.74. The summed E-state index contributed by atoms with van der Waals surface area (Å²) in [6, 6.07) is 8.76. The zero-order chi connectivity index (χ0) is 20.3. The lowest BCUT2D eigenvalue weighted by Crippen LogP contribution is -2.58. The Morgan fingerprint density at radius 1 is 1.14 bits per heavy atom. The van der Waals surface area contributed by atoms with Crippen molar-refractivity contribution in [2.24, 2.45) is 0 Å². The second-order valence-corrected chi connectivity index (χ2v) is 8.52. The van der Waals surface area contributed by atoms with Crippen LogP contribution >= 0.6 is 0 Å². The van der Waals surface area contributed by atoms with Crippen LogP contribution in [0, 0.1) is 25.2 Å². The fourth-order valence-electron chi connectivity index (χ4n) is 4.73. The first-order valence-corrected chi connectivity index (χ1v) is 10.6. The molecule has 1 amide bonds. The molecule has 28 heavy (non-hydrogen) atoms. The molecule has 0 unspecified atom stereocenters. The Morgan fingerprint density at radius 3 is 2.39 bits per heavy atom. The molecule has 1 aromatic rings. The van der Waals surface area contributed by atoms with Crippen LogP contribution in [0.3, 0.4) is 0 Å². The van der Waals surface area contributed by atoms with E-state index in [-0.39, 0.29) is 11.9 Å². The molecule has 1 atom stereocenters. The van der Waals surface area contributed by atoms with E-state index in [1.807, 2.05) is 14.0 Å². The van der Waals surface area contributed by atoms with Gasteiger partial charge in [0.1, 0.15) is 5.54 Å². The molecule has 0 aromatic heterocycles. The van der Waals surface area contributed by atoms with E-state index >= 15 is 0 Å². The van der Waals surface area contributed by atoms with Crippen LogP contribution in [0.4, 0.5) is 5.69 Å². The van der Waals surface area contributed by atoms with Gasteiger partial charge in [-0.15, -0.1) is 0 Å². The highest BCUT2D eigenvalue weighted by molar-refractivity contribution is 5.82. The molecule has 1 aromatic carbocycles. The number of likely N-dealkylation sites (N-methyl/N-ethyl adjacent to an activating group) is 1. The Morgan fingerprint density at radius 2 is 1.79 bits per heavy atom. The quantitative estimate of drug-likeness (QED) is 0.800. The van der Waals surface area contributed by atoms with Gasteiger partial charge < -0.3 is 9.80 Å². The van der Waals surface area contributed by atoms with E-state index in [2.05, 4.69) is 47.9 Å². The Balaban J connectivity index is 1.63. The normalized spacial score (nSPS) is 21.0. The zero-order valence-corrected chi connectivity index (χ0v) is 17.9. The van der Waals surface area contributed by atoms with Gasteiger partial charge in [0, 0.05) is 38.9 Å². The molecule has 0 spiro atoms. The van der Waals surface area contributed by atoms with Gasteiger partial charge in [0.05, 0.1) is 12.1 Å². The van der Waals surface area contributed by atoms with E-state index in [4.69, 9.17) is 0 Å². The van der Waals surface area contributed by atoms with E-state index in [1.54, 1.807) is 4.90 Å². The van der Waals surface area contributed by atoms with Crippen LogP contribution in [0.2, 0.25) is 0 Å². The van der Waals surface area contributed by atoms with Gasteiger partial charge in [0.2, 0.25) is 5.91 Å². The van der Waals surface area contributed by atoms with Gasteiger partial charge in [-0.2, -0.15) is 5.26 Å². The number of hydrogen-bond donors (Lipinski definition) is 0. The Kier molecular flexibility index (Phi) is 6.30. The summed E-state index contributed by atoms with van der Waals surface area (Å²) in [5.74, 6) is 0.0867. The molecule has 2 aliphatic rings. The first kappa shape index (κ1) is 20.7. The lowest BCUT2D eigenvalue weighted by molar-refractivity contribution is -0.140. The highest BCUT2D eigenvalue weighted by Crippen LogP contribution is 2.33. The van der Waals surface area contributed by atoms with Crippen molar-refractivity contribution >= 4 is 11.6 Å². The van der Waals surface area contributed by atoms with Crippen molar-refractivity contribution in [3.63, 3.8) is 0 Å². The number of aryl methyl sites for hydroxylation is 1. The molecule has 1 aliphatic carbocycles. The number of amides is 1. The second-order valence-electron chi connectivity index (χ2n) is 8.52. The Bertz CT molecular complexity index is 739. The number of carbonyl (C=O) groups excluding carboxylic acids is 1. The van der Waals surface area contributed by atoms with Gasteiger partial charge in [-0.3, -0.25) is 9.69 Å². The summed E-state index contributed by atoms with van der Waals surface area (Å²) in [4.78, 5) is 19.6. The Hall–Kier alpha value is -2.06. The highest BCUT2D eigenvalue weighted by Gasteiger charge is 2.41. The number of anilines is 1. The predicted molar refractivity (Wildman–Crippen MR) is 113 cm³/mol. The van der Waals surface area contributed by atoms with Crippen LogP contribution in [0.5, 0.6) is 0 Å². The van der Waals surface area contributed by atoms with Gasteiger partial charge in [-0.25, -0.2) is 0 Å². The first-order chi connectivity index (χ1) is 13.4. The smallest absolute Gasteiger partial charge is 0.240 e. The van der Waals surface area contributed by atoms with Crippen LogP contribution in [0.15, 0.2) is 18.2 Å². The number of nitriles is 1. The van der Waals surface area contributed by atoms with E-state index in [0.717, 1.165) is 51.9 Å². The maximum Gasteiger partial charge on any atom is 0.240 e. The number of benzene rings is 1. The monoisotopic (exact) mass is 382 g/mol. The van der Waals surface area contributed by atoms with Crippen LogP contribution in [-0.4, -0.2) is 60.5 Å². The minimum atomic E-state index is -0.607. The van der Waals surface area contributed by atoms with E-state index in [0.29, 0.717) is 0 Å². The molecule has 5 heteroatoms. The third kappa shape index (κ3) is 3.89. The summed E-state index contributed by atoms with van der Waals surface area (Å²) < 4.78 is 0. The maximum atomic E-state index is 13.2. The van der Waals surface area contributed by atoms with Gasteiger partial charge >= 0.3 is 0 Å². The third-order valence-corrected chi connectivity index (χ3v) is 7.00. The number of piperazine rings is 1. The molecule has 2 fully saturated rings. The molecular weight excluding hydrogens is 348 g/mol. The lowest BCUT2D eigenvalue weighted by Gasteiger charge is -2.43. The van der Waals surface area contributed by atoms with Gasteiger partial charge in [-0.1, -0.05) is 31.4 Å². The molecular formula is C23H34N4O. The first-order valence-electron chi connectivity index (χ1n) is 10.6. The van der Waals surface area contributed by atoms with E-state index in [9.17, 15) is 10.1 Å². The standard InChI is InChI=1S/C23H34N4O/c1-18-9-8-10-21(19(18)2)27-15-13-26(14-16-27)20(3)22(28)25(4)23(17-24)11-6-5-7-12-23/h8-10,20H,5-7,11-16H2,1-4H3/t20-/m1/s1. The largest absolute Gasteiger partial charge is 0.369 e. The van der Waals surface area contributed by atoms with Crippen molar-refractivity contribution in [1.82, 2.24) is 9.80 Å². The van der Waals surface area contributed by atoms with Crippen LogP contribution in [0.1, 0.15) is 50.2 Å². The molecule has 1 saturated heterocycles. The second kappa shape index (κ2) is 8.53. The van der Waals surface area contributed by atoms with E-state index in [1.165, 1.54) is 23.2 Å². The lowest BCUT2D eigenvalue weighted by atomic mass is 9.81. The predicted octanol–water partition coefficient (Wildman–Crippen LogP) is 3.50. The molecule has 5 nitrogen and oxygen atoms in total. The van der Waals surface area contributed by atoms with Crippen molar-refractivity contribution in [1.29, 1.82) is 5.26 Å². The Labute approximate surface area is 169 Å². The summed E-state index contributed by atoms with van der Waals surface area (Å²) in [6.07, 6.45) is 4.85. The SMILES string of the molecule is Cc1cccc(N2CCN([C@H](C)C(=O)N(C)C3(C#N)CCCCC3)CC2)c1C. The number of rotatable bonds is 4. The van der Waals surface area contributed by atoms with Crippen LogP contribution in [0.25, 0.3) is 0 Å². The summed E-state index contributed by atoms with van der Waals surface area (Å²) in [6.45, 7) is 9.93. The van der Waals surface area contributed by atoms with Crippen molar-refractivity contribution in [2.45, 2.75) is 64.5 Å². The molecule has 1 saturated carbocycles. The number of nitrogens with zero attached hydrogens (tertiary/aromatic N) is 4. The van der Waals surface area contributed by atoms with Crippen molar-refractivity contribution < 1.29 is 4.79 Å². The zero-order valence-electron chi connectivity index (χ0n) is 17.9. The van der Waals surface area contributed by atoms with Crippen molar-refractivity contribution in [2.75, 3.05) is 38.1 Å². The minimum Gasteiger partial charge on any atom is -0.369 e. The molecule has 152 valence electrons. The van der Waals surface area contributed by atoms with Crippen molar-refractivity contribution in [3.8, 4) is 6.07 Å². The van der Waals surface area contributed by atoms with Gasteiger partial charge in [0.25, 0.3) is 0 Å². The maximum absolute atomic E-state index is 13.2. The fraction of sp³-hybridized carbons (Fsp3) is 0.652. The molecule has 3 rings (SSSR count). The third-order valence-electron chi connectivity index (χ3n) is 7.00.